The van der Waals surface area contributed by atoms with E-state index in [-0.39, 0.29) is 36.3 Å². The number of rotatable bonds is 33. The molecular formula is C128H264F5N5O9. The number of nitriles is 1. The Labute approximate surface area is 916 Å². The van der Waals surface area contributed by atoms with Crippen LogP contribution in [0.3, 0.4) is 0 Å². The Morgan fingerprint density at radius 1 is 0.456 bits per heavy atom. The van der Waals surface area contributed by atoms with E-state index in [0.717, 1.165) is 150 Å². The Hall–Kier alpha value is -3.76. The van der Waals surface area contributed by atoms with Gasteiger partial charge in [0.25, 0.3) is 11.8 Å². The van der Waals surface area contributed by atoms with Crippen molar-refractivity contribution in [2.75, 3.05) is 46.0 Å². The number of alkyl halides is 5. The van der Waals surface area contributed by atoms with Crippen molar-refractivity contribution in [1.82, 2.24) is 20.4 Å². The smallest absolute Gasteiger partial charge is 0.270 e. The summed E-state index contributed by atoms with van der Waals surface area (Å²) in [6.07, 6.45) is 10.2. The van der Waals surface area contributed by atoms with Gasteiger partial charge in [-0.25, -0.2) is 22.0 Å². The number of aliphatic hydroxyl groups is 6. The van der Waals surface area contributed by atoms with Crippen LogP contribution in [0.2, 0.25) is 0 Å². The number of aliphatic hydroxyl groups excluding tert-OH is 1. The van der Waals surface area contributed by atoms with Gasteiger partial charge in [0.2, 0.25) is 11.8 Å². The summed E-state index contributed by atoms with van der Waals surface area (Å²) in [5, 5.41) is 75.4. The van der Waals surface area contributed by atoms with Gasteiger partial charge in [0, 0.05) is 71.6 Å². The van der Waals surface area contributed by atoms with Crippen molar-refractivity contribution in [1.29, 1.82) is 5.26 Å². The Kier molecular flexibility index (Phi) is 108. The Bertz CT molecular complexity index is 3140. The molecule has 1 saturated heterocycles. The number of ether oxygens (including phenoxy) is 2. The molecule has 7 N–H and O–H groups in total. The zero-order valence-corrected chi connectivity index (χ0v) is 110. The van der Waals surface area contributed by atoms with Gasteiger partial charge in [0.05, 0.1) is 66.2 Å². The molecule has 0 aliphatic carbocycles. The van der Waals surface area contributed by atoms with E-state index in [9.17, 15) is 47.5 Å². The molecule has 0 amide bonds. The Morgan fingerprint density at radius 2 is 0.782 bits per heavy atom. The number of nitrogens with one attached hydrogen (secondary N) is 1. The number of morpholine rings is 1. The minimum absolute atomic E-state index is 0.132. The topological polar surface area (TPSA) is 218 Å². The summed E-state index contributed by atoms with van der Waals surface area (Å²) in [6, 6.07) is 12.1. The zero-order chi connectivity index (χ0) is 121. The fourth-order valence-electron chi connectivity index (χ4n) is 7.92. The minimum atomic E-state index is -2.96. The van der Waals surface area contributed by atoms with Crippen LogP contribution < -0.4 is 5.32 Å². The van der Waals surface area contributed by atoms with Crippen molar-refractivity contribution in [2.24, 2.45) is 153 Å². The number of benzene rings is 1. The summed E-state index contributed by atoms with van der Waals surface area (Å²) in [4.78, 5) is 2.51. The molecule has 1 aliphatic heterocycles. The van der Waals surface area contributed by atoms with E-state index in [1.807, 2.05) is 238 Å². The molecular weight excluding hydrogens is 1850 g/mol. The number of nitrogens with zero attached hydrogens (tertiary/aromatic N) is 4. The second kappa shape index (κ2) is 91.4. The van der Waals surface area contributed by atoms with Crippen molar-refractivity contribution in [3.05, 3.63) is 60.0 Å². The van der Waals surface area contributed by atoms with E-state index in [0.29, 0.717) is 87.7 Å². The lowest BCUT2D eigenvalue weighted by Crippen LogP contribution is -2.39. The van der Waals surface area contributed by atoms with Crippen LogP contribution in [-0.4, -0.2) is 144 Å². The van der Waals surface area contributed by atoms with Gasteiger partial charge in [-0.2, -0.15) is 5.26 Å². The molecule has 2 aromatic rings. The summed E-state index contributed by atoms with van der Waals surface area (Å²) in [5.74, 6) is 12.2. The standard InChI is InChI=1S/C11H16O.C10H21NO.C10H20O.C9H16N2O.C8H17F2N.C8H18O.C8H14.3C7H16O.2C7H16.C6H12F2O.C6H13F.C6H11N.C6H14.C5H12/c1-9(2)11(3,12)10-7-5-4-6-8-10;1-9(2)10(3)8-11-4-6-12-7-5-11;1-6-11-10(5)7-9(4)8(2)3;1-6(2)7(3)5-9-11-10-8(4)12-9;1-6(2)7(3)11-5-8(4,9)10;1-6(2)8(5,9)7(3)4;1-5-6-8(4)7(2)3;3*1-5-7(4,8)6(2)3;2*1-6(2)7(3,4)5;1-4(2)5(9)6(3,7)8;1-5(2)6(3,4)7;1-5(2)6(3)4-7;1-5(2)6(3)4;1-4-5(2)3/h4-9,12H,1-3H3;9-10H,4-8H2,1-3H3;8-9H,5-7H2,1-4H3;6-7H,5H2,1-4H3;6-7,11H,5H2,1-4H3;6-7,9H,1-5H3;1,7-8H,6H2,2-4H3;3*6,8H,5H2,1-4H3;2*6H,1-5H3;4-5,9H,1-3H3;5H,1-4H3;5-6H,1-3H3;5-6H,1-4H3;5H,4H2,1-3H3/t;10-;;;7-;;;2*7-;;;;;;;;/m.0..1..10......../s1. The molecule has 0 saturated carbocycles. The number of hydrogen-bond acceptors (Lipinski definition) is 14. The first-order chi connectivity index (χ1) is 65.6. The normalized spacial score (nSPS) is 15.3. The van der Waals surface area contributed by atoms with Crippen LogP contribution in [-0.2, 0) is 21.5 Å². The third-order valence-corrected chi connectivity index (χ3v) is 30.4. The molecule has 14 nitrogen and oxygen atoms in total. The first-order valence-electron chi connectivity index (χ1n) is 57.4. The van der Waals surface area contributed by atoms with Gasteiger partial charge in [0.1, 0.15) is 11.8 Å². The van der Waals surface area contributed by atoms with Gasteiger partial charge in [-0.15, -0.1) is 22.5 Å². The Balaban J connectivity index is -0.000000107. The van der Waals surface area contributed by atoms with Crippen LogP contribution in [0.4, 0.5) is 22.0 Å². The molecule has 1 aromatic heterocycles. The van der Waals surface area contributed by atoms with Gasteiger partial charge in [-0.1, -0.05) is 403 Å². The van der Waals surface area contributed by atoms with Crippen molar-refractivity contribution in [2.45, 2.75) is 553 Å². The van der Waals surface area contributed by atoms with Crippen LogP contribution in [0.15, 0.2) is 47.1 Å². The molecule has 0 radical (unpaired) electrons. The molecule has 0 bridgehead atoms. The molecule has 1 fully saturated rings. The van der Waals surface area contributed by atoms with Crippen LogP contribution >= 0.6 is 0 Å². The van der Waals surface area contributed by atoms with Crippen molar-refractivity contribution < 1.29 is 66.5 Å². The maximum absolute atomic E-state index is 12.5. The molecule has 3 rings (SSSR count). The van der Waals surface area contributed by atoms with Crippen molar-refractivity contribution in [3.8, 4) is 18.4 Å². The van der Waals surface area contributed by atoms with Crippen LogP contribution in [0.1, 0.15) is 499 Å². The highest BCUT2D eigenvalue weighted by molar-refractivity contribution is 5.22. The monoisotopic (exact) mass is 2110 g/mol. The second-order valence-electron chi connectivity index (χ2n) is 51.9. The molecule has 0 spiro atoms. The minimum Gasteiger partial charge on any atom is -0.499 e. The second-order valence-corrected chi connectivity index (χ2v) is 51.9. The van der Waals surface area contributed by atoms with Crippen LogP contribution in [0.5, 0.6) is 0 Å². The number of hydrogen-bond donors (Lipinski definition) is 7. The number of aryl methyl sites for hydroxylation is 1. The highest BCUT2D eigenvalue weighted by atomic mass is 19.3. The fraction of sp³-hybridized carbons (Fsp3) is 0.898. The predicted octanol–water partition coefficient (Wildman–Crippen LogP) is 37.2. The highest BCUT2D eigenvalue weighted by Crippen LogP contribution is 2.31. The highest BCUT2D eigenvalue weighted by Gasteiger charge is 2.35. The third kappa shape index (κ3) is 115. The average molecular weight is 2110 g/mol. The van der Waals surface area contributed by atoms with Gasteiger partial charge in [-0.05, 0) is 241 Å². The first kappa shape index (κ1) is 174. The predicted molar refractivity (Wildman–Crippen MR) is 641 cm³/mol. The largest absolute Gasteiger partial charge is 0.499 e. The molecule has 11 atom stereocenters. The number of aromatic nitrogens is 2. The summed E-state index contributed by atoms with van der Waals surface area (Å²) in [5.41, 5.74) is -1.60. The average Bonchev–Trinajstić information content (AvgIpc) is 1.17. The van der Waals surface area contributed by atoms with Gasteiger partial charge in [-0.3, -0.25) is 4.90 Å². The van der Waals surface area contributed by atoms with Crippen molar-refractivity contribution >= 4 is 0 Å². The number of halogens is 5. The number of allylic oxidation sites excluding steroid dienone is 1. The fourth-order valence-corrected chi connectivity index (χ4v) is 7.92. The molecule has 1 aromatic carbocycles. The van der Waals surface area contributed by atoms with E-state index < -0.39 is 51.6 Å². The quantitative estimate of drug-likeness (QED) is 0.0201. The molecule has 19 heteroatoms. The summed E-state index contributed by atoms with van der Waals surface area (Å²) in [7, 11) is 0. The van der Waals surface area contributed by atoms with Gasteiger partial charge < -0.3 is 49.8 Å². The van der Waals surface area contributed by atoms with Crippen molar-refractivity contribution in [3.63, 3.8) is 0 Å². The Morgan fingerprint density at radius 3 is 0.946 bits per heavy atom. The van der Waals surface area contributed by atoms with E-state index in [1.165, 1.54) is 13.0 Å². The molecule has 1 aliphatic rings. The lowest BCUT2D eigenvalue weighted by molar-refractivity contribution is -0.112. The summed E-state index contributed by atoms with van der Waals surface area (Å²) < 4.78 is 77.2. The lowest BCUT2D eigenvalue weighted by atomic mass is 9.82. The van der Waals surface area contributed by atoms with E-state index >= 15 is 0 Å². The lowest BCUT2D eigenvalue weighted by Gasteiger charge is -2.31. The van der Waals surface area contributed by atoms with Gasteiger partial charge in [0.15, 0.2) is 0 Å². The maximum atomic E-state index is 12.5. The SMILES string of the molecule is C#CCC(C)C(C)C.C=C(CC(C)C(C)C)OCC.CC(C)C(C)(C)C.CC(C)C(C)(C)C.CC(C)C(C)(C)F.CC(C)C(C)(O)C(C)C.CC(C)C(C)(O)c1ccccc1.CC(C)C(C)C.CC(C)C(C)C#N.CC(C)C(O)C(C)(F)F.CC(C)[C@@H](C)CN1CCOCC1.CC(C)[C@@H](C)NCC(C)(F)F.CCC(C)(O)C(C)C.CCC(C)C.CC[C@@](C)(O)C(C)C.CC[C@](C)(O)C(C)C.Cc1nnc(CC(C)C(C)C)o1. The maximum Gasteiger partial charge on any atom is 0.270 e. The van der Waals surface area contributed by atoms with Crippen LogP contribution in [0.25, 0.3) is 0 Å². The molecule has 890 valence electrons. The molecule has 7 unspecified atom stereocenters. The first-order valence-corrected chi connectivity index (χ1v) is 57.4. The van der Waals surface area contributed by atoms with E-state index in [1.54, 1.807) is 27.7 Å². The molecule has 147 heavy (non-hydrogen) atoms. The molecule has 2 heterocycles. The van der Waals surface area contributed by atoms with E-state index in [2.05, 4.69) is 240 Å². The summed E-state index contributed by atoms with van der Waals surface area (Å²) >= 11 is 0. The van der Waals surface area contributed by atoms with Crippen LogP contribution in [0, 0.1) is 183 Å². The third-order valence-electron chi connectivity index (χ3n) is 30.4. The zero-order valence-electron chi connectivity index (χ0n) is 110. The van der Waals surface area contributed by atoms with E-state index in [4.69, 9.17) is 30.7 Å². The number of terminal acetylenes is 1. The van der Waals surface area contributed by atoms with Gasteiger partial charge >= 0.3 is 0 Å². The summed E-state index contributed by atoms with van der Waals surface area (Å²) in [6.45, 7) is 142.